The third kappa shape index (κ3) is 3.39. The Hall–Kier alpha value is -2.27. The summed E-state index contributed by atoms with van der Waals surface area (Å²) in [6.45, 7) is 1.55. The van der Waals surface area contributed by atoms with Crippen molar-refractivity contribution in [2.24, 2.45) is 0 Å². The molecule has 0 fully saturated rings. The number of ether oxygens (including phenoxy) is 1. The number of aromatic carboxylic acids is 1. The molecular formula is C12H14N2O5S. The summed E-state index contributed by atoms with van der Waals surface area (Å²) in [6, 6.07) is 5.57. The van der Waals surface area contributed by atoms with Gasteiger partial charge in [-0.15, -0.1) is 0 Å². The SMILES string of the molecule is CCC(C#N)S(=O)(=O)Nc1ccc(OC)cc1C(=O)O. The summed E-state index contributed by atoms with van der Waals surface area (Å²) in [7, 11) is -2.60. The molecule has 0 saturated heterocycles. The van der Waals surface area contributed by atoms with E-state index >= 15 is 0 Å². The zero-order valence-electron chi connectivity index (χ0n) is 11.0. The van der Waals surface area contributed by atoms with Crippen LogP contribution >= 0.6 is 0 Å². The van der Waals surface area contributed by atoms with E-state index in [0.717, 1.165) is 0 Å². The van der Waals surface area contributed by atoms with Crippen molar-refractivity contribution in [3.05, 3.63) is 23.8 Å². The highest BCUT2D eigenvalue weighted by molar-refractivity contribution is 7.93. The predicted molar refractivity (Wildman–Crippen MR) is 72.2 cm³/mol. The minimum absolute atomic E-state index is 0.102. The summed E-state index contributed by atoms with van der Waals surface area (Å²) in [5.41, 5.74) is -0.354. The quantitative estimate of drug-likeness (QED) is 0.820. The first kappa shape index (κ1) is 15.8. The van der Waals surface area contributed by atoms with Crippen LogP contribution in [0.4, 0.5) is 5.69 Å². The Morgan fingerprint density at radius 1 is 1.55 bits per heavy atom. The normalized spacial score (nSPS) is 12.2. The van der Waals surface area contributed by atoms with Gasteiger partial charge in [-0.05, 0) is 24.6 Å². The maximum atomic E-state index is 11.9. The van der Waals surface area contributed by atoms with Gasteiger partial charge in [0.1, 0.15) is 5.75 Å². The third-order valence-corrected chi connectivity index (χ3v) is 4.29. The number of carboxylic acids is 1. The van der Waals surface area contributed by atoms with Crippen LogP contribution in [0.3, 0.4) is 0 Å². The van der Waals surface area contributed by atoms with Gasteiger partial charge in [0.05, 0.1) is 24.4 Å². The maximum absolute atomic E-state index is 11.9. The second-order valence-corrected chi connectivity index (χ2v) is 5.75. The van der Waals surface area contributed by atoms with Gasteiger partial charge < -0.3 is 9.84 Å². The van der Waals surface area contributed by atoms with E-state index in [0.29, 0.717) is 0 Å². The molecule has 1 aromatic rings. The van der Waals surface area contributed by atoms with Crippen molar-refractivity contribution in [3.8, 4) is 11.8 Å². The van der Waals surface area contributed by atoms with Gasteiger partial charge in [0.15, 0.2) is 5.25 Å². The van der Waals surface area contributed by atoms with Crippen LogP contribution in [-0.4, -0.2) is 31.9 Å². The fourth-order valence-electron chi connectivity index (χ4n) is 1.52. The molecule has 0 saturated carbocycles. The summed E-state index contributed by atoms with van der Waals surface area (Å²) in [5.74, 6) is -1.01. The highest BCUT2D eigenvalue weighted by atomic mass is 32.2. The van der Waals surface area contributed by atoms with Crippen LogP contribution in [0.5, 0.6) is 5.75 Å². The van der Waals surface area contributed by atoms with Crippen molar-refractivity contribution in [1.29, 1.82) is 5.26 Å². The minimum atomic E-state index is -3.97. The van der Waals surface area contributed by atoms with E-state index in [1.165, 1.54) is 25.3 Å². The summed E-state index contributed by atoms with van der Waals surface area (Å²) in [4.78, 5) is 11.1. The summed E-state index contributed by atoms with van der Waals surface area (Å²) < 4.78 is 30.9. The van der Waals surface area contributed by atoms with Crippen LogP contribution in [0.15, 0.2) is 18.2 Å². The Bertz CT molecular complexity index is 648. The molecule has 0 bridgehead atoms. The zero-order valence-corrected chi connectivity index (χ0v) is 11.8. The largest absolute Gasteiger partial charge is 0.497 e. The number of nitriles is 1. The molecule has 2 N–H and O–H groups in total. The molecule has 8 heteroatoms. The molecule has 20 heavy (non-hydrogen) atoms. The molecule has 1 unspecified atom stereocenters. The van der Waals surface area contributed by atoms with Gasteiger partial charge in [-0.3, -0.25) is 4.72 Å². The number of anilines is 1. The van der Waals surface area contributed by atoms with Crippen LogP contribution in [0.25, 0.3) is 0 Å². The van der Waals surface area contributed by atoms with E-state index < -0.39 is 21.2 Å². The maximum Gasteiger partial charge on any atom is 0.337 e. The number of nitrogens with one attached hydrogen (secondary N) is 1. The Morgan fingerprint density at radius 2 is 2.20 bits per heavy atom. The van der Waals surface area contributed by atoms with Crippen molar-refractivity contribution in [2.45, 2.75) is 18.6 Å². The molecule has 7 nitrogen and oxygen atoms in total. The van der Waals surface area contributed by atoms with E-state index in [-0.39, 0.29) is 23.4 Å². The minimum Gasteiger partial charge on any atom is -0.497 e. The summed E-state index contributed by atoms with van der Waals surface area (Å²) in [5, 5.41) is 16.6. The lowest BCUT2D eigenvalue weighted by Crippen LogP contribution is -2.26. The molecule has 0 aromatic heterocycles. The predicted octanol–water partition coefficient (Wildman–Crippen LogP) is 1.44. The zero-order chi connectivity index (χ0) is 15.3. The van der Waals surface area contributed by atoms with Crippen LogP contribution in [0.1, 0.15) is 23.7 Å². The molecule has 0 heterocycles. The number of rotatable bonds is 6. The first-order valence-corrected chi connectivity index (χ1v) is 7.23. The lowest BCUT2D eigenvalue weighted by molar-refractivity contribution is 0.0697. The number of carbonyl (C=O) groups is 1. The molecule has 1 rings (SSSR count). The Labute approximate surface area is 116 Å². The van der Waals surface area contributed by atoms with Crippen molar-refractivity contribution in [2.75, 3.05) is 11.8 Å². The number of methoxy groups -OCH3 is 1. The molecule has 1 aromatic carbocycles. The third-order valence-electron chi connectivity index (χ3n) is 2.60. The number of carboxylic acid groups (broad SMARTS) is 1. The van der Waals surface area contributed by atoms with Crippen molar-refractivity contribution in [1.82, 2.24) is 0 Å². The second-order valence-electron chi connectivity index (χ2n) is 3.89. The monoisotopic (exact) mass is 298 g/mol. The molecule has 0 aliphatic carbocycles. The van der Waals surface area contributed by atoms with Gasteiger partial charge in [-0.1, -0.05) is 6.92 Å². The van der Waals surface area contributed by atoms with Gasteiger partial charge >= 0.3 is 5.97 Å². The van der Waals surface area contributed by atoms with E-state index in [4.69, 9.17) is 15.1 Å². The number of sulfonamides is 1. The van der Waals surface area contributed by atoms with Gasteiger partial charge in [-0.25, -0.2) is 13.2 Å². The molecule has 0 aliphatic heterocycles. The molecule has 1 atom stereocenters. The topological polar surface area (TPSA) is 116 Å². The first-order chi connectivity index (χ1) is 9.35. The molecule has 0 amide bonds. The van der Waals surface area contributed by atoms with E-state index in [1.807, 2.05) is 0 Å². The van der Waals surface area contributed by atoms with Crippen molar-refractivity contribution < 1.29 is 23.1 Å². The molecular weight excluding hydrogens is 284 g/mol. The molecule has 108 valence electrons. The molecule has 0 aliphatic rings. The highest BCUT2D eigenvalue weighted by Gasteiger charge is 2.25. The van der Waals surface area contributed by atoms with Gasteiger partial charge in [-0.2, -0.15) is 5.26 Å². The van der Waals surface area contributed by atoms with Crippen molar-refractivity contribution >= 4 is 21.7 Å². The van der Waals surface area contributed by atoms with Crippen LogP contribution in [-0.2, 0) is 10.0 Å². The lowest BCUT2D eigenvalue weighted by Gasteiger charge is -2.13. The van der Waals surface area contributed by atoms with Crippen LogP contribution in [0, 0.1) is 11.3 Å². The van der Waals surface area contributed by atoms with Crippen LogP contribution < -0.4 is 9.46 Å². The highest BCUT2D eigenvalue weighted by Crippen LogP contribution is 2.24. The number of hydrogen-bond donors (Lipinski definition) is 2. The fraction of sp³-hybridized carbons (Fsp3) is 0.333. The first-order valence-electron chi connectivity index (χ1n) is 5.68. The van der Waals surface area contributed by atoms with Crippen molar-refractivity contribution in [3.63, 3.8) is 0 Å². The van der Waals surface area contributed by atoms with Gasteiger partial charge in [0, 0.05) is 0 Å². The lowest BCUT2D eigenvalue weighted by atomic mass is 10.2. The number of hydrogen-bond acceptors (Lipinski definition) is 5. The summed E-state index contributed by atoms with van der Waals surface area (Å²) >= 11 is 0. The van der Waals surface area contributed by atoms with Gasteiger partial charge in [0.25, 0.3) is 0 Å². The standard InChI is InChI=1S/C12H14N2O5S/c1-3-9(7-13)20(17,18)14-11-5-4-8(19-2)6-10(11)12(15)16/h4-6,9,14H,3H2,1-2H3,(H,15,16). The Morgan fingerprint density at radius 3 is 2.65 bits per heavy atom. The van der Waals surface area contributed by atoms with Gasteiger partial charge in [0.2, 0.25) is 10.0 Å². The number of nitrogens with zero attached hydrogens (tertiary/aromatic N) is 1. The van der Waals surface area contributed by atoms with Crippen LogP contribution in [0.2, 0.25) is 0 Å². The Kier molecular flexibility index (Phi) is 4.94. The fourth-order valence-corrected chi connectivity index (χ4v) is 2.73. The van der Waals surface area contributed by atoms with E-state index in [9.17, 15) is 13.2 Å². The summed E-state index contributed by atoms with van der Waals surface area (Å²) in [6.07, 6.45) is 0.102. The number of benzene rings is 1. The average Bonchev–Trinajstić information content (AvgIpc) is 2.39. The molecule has 0 spiro atoms. The van der Waals surface area contributed by atoms with E-state index in [1.54, 1.807) is 13.0 Å². The average molecular weight is 298 g/mol. The Balaban J connectivity index is 3.22. The smallest absolute Gasteiger partial charge is 0.337 e. The molecule has 0 radical (unpaired) electrons. The second kappa shape index (κ2) is 6.25. The van der Waals surface area contributed by atoms with E-state index in [2.05, 4.69) is 4.72 Å².